The van der Waals surface area contributed by atoms with Crippen LogP contribution in [0.15, 0.2) is 126 Å². The van der Waals surface area contributed by atoms with E-state index in [1.807, 2.05) is 91.0 Å². The standard InChI is InChI=1S/C29H28O4S/c30-27(21-22-34(31,32)28-19-11-4-12-20-28)23-33-29(24-13-5-1-6-14-24,25-15-7-2-8-16-25)26-17-9-3-10-18-26/h1-20,27,30H,21-23H2. The van der Waals surface area contributed by atoms with E-state index in [1.165, 1.54) is 0 Å². The zero-order chi connectivity index (χ0) is 23.9. The molecule has 0 saturated carbocycles. The Morgan fingerprint density at radius 2 is 1.03 bits per heavy atom. The molecule has 0 aliphatic heterocycles. The lowest BCUT2D eigenvalue weighted by Crippen LogP contribution is -2.36. The van der Waals surface area contributed by atoms with Crippen LogP contribution in [0.5, 0.6) is 0 Å². The molecule has 174 valence electrons. The van der Waals surface area contributed by atoms with Crippen molar-refractivity contribution in [3.8, 4) is 0 Å². The monoisotopic (exact) mass is 472 g/mol. The van der Waals surface area contributed by atoms with Gasteiger partial charge < -0.3 is 9.84 Å². The van der Waals surface area contributed by atoms with Gasteiger partial charge in [-0.1, -0.05) is 109 Å². The number of aliphatic hydroxyl groups is 1. The zero-order valence-electron chi connectivity index (χ0n) is 18.8. The Morgan fingerprint density at radius 3 is 1.44 bits per heavy atom. The summed E-state index contributed by atoms with van der Waals surface area (Å²) in [6.45, 7) is -0.0248. The maximum atomic E-state index is 12.7. The molecule has 0 saturated heterocycles. The Kier molecular flexibility index (Phi) is 7.58. The van der Waals surface area contributed by atoms with Crippen LogP contribution in [0.2, 0.25) is 0 Å². The van der Waals surface area contributed by atoms with Gasteiger partial charge in [-0.25, -0.2) is 8.42 Å². The third kappa shape index (κ3) is 5.28. The molecular formula is C29H28O4S. The highest BCUT2D eigenvalue weighted by molar-refractivity contribution is 7.91. The van der Waals surface area contributed by atoms with Crippen molar-refractivity contribution in [2.75, 3.05) is 12.4 Å². The summed E-state index contributed by atoms with van der Waals surface area (Å²) in [7, 11) is -3.48. The molecule has 0 bridgehead atoms. The number of ether oxygens (including phenoxy) is 1. The lowest BCUT2D eigenvalue weighted by molar-refractivity contribution is -0.0384. The molecule has 4 nitrogen and oxygen atoms in total. The predicted molar refractivity (Wildman–Crippen MR) is 134 cm³/mol. The van der Waals surface area contributed by atoms with E-state index in [4.69, 9.17) is 4.74 Å². The molecule has 0 radical (unpaired) electrons. The van der Waals surface area contributed by atoms with E-state index in [-0.39, 0.29) is 23.7 Å². The van der Waals surface area contributed by atoms with Crippen molar-refractivity contribution in [3.05, 3.63) is 138 Å². The molecule has 0 fully saturated rings. The molecule has 34 heavy (non-hydrogen) atoms. The molecule has 5 heteroatoms. The number of hydrogen-bond acceptors (Lipinski definition) is 4. The van der Waals surface area contributed by atoms with Crippen molar-refractivity contribution in [2.24, 2.45) is 0 Å². The lowest BCUT2D eigenvalue weighted by atomic mass is 9.80. The molecule has 4 aromatic rings. The SMILES string of the molecule is O=S(=O)(CCC(O)COC(c1ccccc1)(c1ccccc1)c1ccccc1)c1ccccc1. The highest BCUT2D eigenvalue weighted by Gasteiger charge is 2.38. The Balaban J connectivity index is 1.62. The van der Waals surface area contributed by atoms with E-state index in [0.29, 0.717) is 0 Å². The van der Waals surface area contributed by atoms with Crippen LogP contribution >= 0.6 is 0 Å². The molecule has 0 amide bonds. The lowest BCUT2D eigenvalue weighted by Gasteiger charge is -2.36. The normalized spacial score (nSPS) is 12.9. The van der Waals surface area contributed by atoms with Crippen molar-refractivity contribution >= 4 is 9.84 Å². The summed E-state index contributed by atoms with van der Waals surface area (Å²) in [4.78, 5) is 0.260. The van der Waals surface area contributed by atoms with Crippen molar-refractivity contribution < 1.29 is 18.3 Å². The first kappa shape index (κ1) is 23.9. The van der Waals surface area contributed by atoms with E-state index >= 15 is 0 Å². The van der Waals surface area contributed by atoms with Crippen molar-refractivity contribution in [1.82, 2.24) is 0 Å². The van der Waals surface area contributed by atoms with Gasteiger partial charge in [-0.15, -0.1) is 0 Å². The first-order valence-electron chi connectivity index (χ1n) is 11.3. The van der Waals surface area contributed by atoms with Gasteiger partial charge in [0.05, 0.1) is 23.4 Å². The maximum Gasteiger partial charge on any atom is 0.178 e. The van der Waals surface area contributed by atoms with Gasteiger partial charge in [0.15, 0.2) is 9.84 Å². The maximum absolute atomic E-state index is 12.7. The smallest absolute Gasteiger partial charge is 0.178 e. The van der Waals surface area contributed by atoms with Crippen LogP contribution in [-0.2, 0) is 20.2 Å². The van der Waals surface area contributed by atoms with Crippen LogP contribution in [-0.4, -0.2) is 32.0 Å². The number of sulfone groups is 1. The second-order valence-electron chi connectivity index (χ2n) is 8.16. The number of benzene rings is 4. The van der Waals surface area contributed by atoms with E-state index in [9.17, 15) is 13.5 Å². The second-order valence-corrected chi connectivity index (χ2v) is 10.3. The van der Waals surface area contributed by atoms with E-state index in [0.717, 1.165) is 16.7 Å². The summed E-state index contributed by atoms with van der Waals surface area (Å²) in [6.07, 6.45) is -0.875. The summed E-state index contributed by atoms with van der Waals surface area (Å²) in [5.41, 5.74) is 1.83. The summed E-state index contributed by atoms with van der Waals surface area (Å²) >= 11 is 0. The second kappa shape index (κ2) is 10.8. The third-order valence-electron chi connectivity index (χ3n) is 5.86. The van der Waals surface area contributed by atoms with Crippen molar-refractivity contribution in [1.29, 1.82) is 0 Å². The molecule has 4 aromatic carbocycles. The van der Waals surface area contributed by atoms with Gasteiger partial charge in [0.25, 0.3) is 0 Å². The van der Waals surface area contributed by atoms with E-state index < -0.39 is 21.5 Å². The minimum Gasteiger partial charge on any atom is -0.391 e. The minimum atomic E-state index is -3.48. The van der Waals surface area contributed by atoms with Crippen molar-refractivity contribution in [2.45, 2.75) is 23.0 Å². The fourth-order valence-electron chi connectivity index (χ4n) is 4.11. The van der Waals surface area contributed by atoms with Gasteiger partial charge in [-0.05, 0) is 35.2 Å². The van der Waals surface area contributed by atoms with Gasteiger partial charge in [0, 0.05) is 0 Å². The Labute approximate surface area is 201 Å². The highest BCUT2D eigenvalue weighted by Crippen LogP contribution is 2.40. The third-order valence-corrected chi connectivity index (χ3v) is 7.62. The number of aliphatic hydroxyl groups excluding tert-OH is 1. The van der Waals surface area contributed by atoms with Gasteiger partial charge in [0.1, 0.15) is 5.60 Å². The average Bonchev–Trinajstić information content (AvgIpc) is 2.90. The fourth-order valence-corrected chi connectivity index (χ4v) is 5.50. The minimum absolute atomic E-state index is 0.0248. The largest absolute Gasteiger partial charge is 0.391 e. The van der Waals surface area contributed by atoms with Gasteiger partial charge in [-0.3, -0.25) is 0 Å². The molecule has 0 heterocycles. The van der Waals surface area contributed by atoms with Gasteiger partial charge in [0.2, 0.25) is 0 Å². The van der Waals surface area contributed by atoms with Crippen LogP contribution in [0, 0.1) is 0 Å². The molecule has 1 N–H and O–H groups in total. The summed E-state index contributed by atoms with van der Waals surface area (Å²) < 4.78 is 31.9. The molecule has 0 aliphatic rings. The van der Waals surface area contributed by atoms with Gasteiger partial charge >= 0.3 is 0 Å². The Morgan fingerprint density at radius 1 is 0.647 bits per heavy atom. The number of rotatable bonds is 10. The average molecular weight is 473 g/mol. The molecular weight excluding hydrogens is 444 g/mol. The topological polar surface area (TPSA) is 63.6 Å². The van der Waals surface area contributed by atoms with Gasteiger partial charge in [-0.2, -0.15) is 0 Å². The molecule has 1 atom stereocenters. The van der Waals surface area contributed by atoms with Crippen molar-refractivity contribution in [3.63, 3.8) is 0 Å². The van der Waals surface area contributed by atoms with Crippen LogP contribution in [0.3, 0.4) is 0 Å². The van der Waals surface area contributed by atoms with Crippen LogP contribution in [0.4, 0.5) is 0 Å². The first-order chi connectivity index (χ1) is 16.5. The van der Waals surface area contributed by atoms with Crippen LogP contribution in [0.1, 0.15) is 23.1 Å². The zero-order valence-corrected chi connectivity index (χ0v) is 19.6. The molecule has 0 aromatic heterocycles. The highest BCUT2D eigenvalue weighted by atomic mass is 32.2. The van der Waals surface area contributed by atoms with E-state index in [2.05, 4.69) is 0 Å². The summed E-state index contributed by atoms with van der Waals surface area (Å²) in [6, 6.07) is 38.0. The molecule has 0 aliphatic carbocycles. The van der Waals surface area contributed by atoms with Crippen LogP contribution < -0.4 is 0 Å². The number of hydrogen-bond donors (Lipinski definition) is 1. The fraction of sp³-hybridized carbons (Fsp3) is 0.172. The quantitative estimate of drug-likeness (QED) is 0.322. The first-order valence-corrected chi connectivity index (χ1v) is 12.9. The Hall–Kier alpha value is -3.25. The molecule has 4 rings (SSSR count). The Bertz CT molecular complexity index is 1160. The predicted octanol–water partition coefficient (Wildman–Crippen LogP) is 5.22. The molecule has 0 spiro atoms. The summed E-state index contributed by atoms with van der Waals surface area (Å²) in [5.74, 6) is -0.156. The van der Waals surface area contributed by atoms with Crippen LogP contribution in [0.25, 0.3) is 0 Å². The van der Waals surface area contributed by atoms with E-state index in [1.54, 1.807) is 30.3 Å². The molecule has 1 unspecified atom stereocenters. The summed E-state index contributed by atoms with van der Waals surface area (Å²) in [5, 5.41) is 10.8.